The van der Waals surface area contributed by atoms with Crippen LogP contribution >= 0.6 is 0 Å². The Balaban J connectivity index is 2.11. The van der Waals surface area contributed by atoms with Gasteiger partial charge in [0.25, 0.3) is 0 Å². The van der Waals surface area contributed by atoms with Gasteiger partial charge in [-0.1, -0.05) is 31.2 Å². The molecule has 0 saturated carbocycles. The van der Waals surface area contributed by atoms with E-state index >= 15 is 0 Å². The molecule has 0 atom stereocenters. The van der Waals surface area contributed by atoms with E-state index in [9.17, 15) is 0 Å². The molecule has 76 valence electrons. The predicted octanol–water partition coefficient (Wildman–Crippen LogP) is 3.07. The van der Waals surface area contributed by atoms with Crippen molar-refractivity contribution in [1.29, 1.82) is 0 Å². The third-order valence-corrected chi connectivity index (χ3v) is 2.35. The zero-order valence-corrected chi connectivity index (χ0v) is 8.80. The van der Waals surface area contributed by atoms with Gasteiger partial charge in [0, 0.05) is 18.6 Å². The van der Waals surface area contributed by atoms with Gasteiger partial charge in [-0.15, -0.1) is 0 Å². The SMILES string of the molecule is CCc1ccc(C=Cn2ccnc2)cc1. The molecular weight excluding hydrogens is 184 g/mol. The van der Waals surface area contributed by atoms with Gasteiger partial charge in [0.1, 0.15) is 0 Å². The van der Waals surface area contributed by atoms with Gasteiger partial charge in [-0.3, -0.25) is 0 Å². The number of aromatic nitrogens is 2. The summed E-state index contributed by atoms with van der Waals surface area (Å²) in [7, 11) is 0. The van der Waals surface area contributed by atoms with Crippen LogP contribution in [0.5, 0.6) is 0 Å². The Hall–Kier alpha value is -1.83. The second-order valence-corrected chi connectivity index (χ2v) is 3.42. The van der Waals surface area contributed by atoms with Crippen LogP contribution in [-0.4, -0.2) is 9.55 Å². The van der Waals surface area contributed by atoms with Crippen LogP contribution in [0.1, 0.15) is 18.1 Å². The van der Waals surface area contributed by atoms with Crippen molar-refractivity contribution in [2.24, 2.45) is 0 Å². The Bertz CT molecular complexity index is 424. The Kier molecular flexibility index (Phi) is 2.98. The first-order chi connectivity index (χ1) is 7.38. The molecule has 1 aromatic heterocycles. The zero-order chi connectivity index (χ0) is 10.5. The second-order valence-electron chi connectivity index (χ2n) is 3.42. The molecule has 0 aliphatic heterocycles. The van der Waals surface area contributed by atoms with Crippen LogP contribution in [0.2, 0.25) is 0 Å². The lowest BCUT2D eigenvalue weighted by molar-refractivity contribution is 1.14. The van der Waals surface area contributed by atoms with Crippen molar-refractivity contribution in [1.82, 2.24) is 9.55 Å². The Labute approximate surface area is 89.9 Å². The first-order valence-electron chi connectivity index (χ1n) is 5.13. The standard InChI is InChI=1S/C13H14N2/c1-2-12-3-5-13(6-4-12)7-9-15-10-8-14-11-15/h3-11H,2H2,1H3. The van der Waals surface area contributed by atoms with E-state index in [1.807, 2.05) is 17.0 Å². The van der Waals surface area contributed by atoms with E-state index in [-0.39, 0.29) is 0 Å². The van der Waals surface area contributed by atoms with Crippen molar-refractivity contribution in [3.8, 4) is 0 Å². The quantitative estimate of drug-likeness (QED) is 0.741. The fraction of sp³-hybridized carbons (Fsp3) is 0.154. The molecule has 0 spiro atoms. The highest BCUT2D eigenvalue weighted by molar-refractivity contribution is 5.60. The van der Waals surface area contributed by atoms with Crippen molar-refractivity contribution >= 4 is 12.3 Å². The van der Waals surface area contributed by atoms with Gasteiger partial charge in [-0.2, -0.15) is 0 Å². The molecule has 2 nitrogen and oxygen atoms in total. The van der Waals surface area contributed by atoms with E-state index in [0.29, 0.717) is 0 Å². The average Bonchev–Trinajstić information content (AvgIpc) is 2.80. The minimum atomic E-state index is 1.09. The van der Waals surface area contributed by atoms with Crippen LogP contribution in [0.25, 0.3) is 12.3 Å². The molecule has 0 N–H and O–H groups in total. The number of benzene rings is 1. The van der Waals surface area contributed by atoms with Crippen molar-refractivity contribution in [2.45, 2.75) is 13.3 Å². The van der Waals surface area contributed by atoms with Gasteiger partial charge in [-0.05, 0) is 23.6 Å². The van der Waals surface area contributed by atoms with Crippen LogP contribution in [-0.2, 0) is 6.42 Å². The van der Waals surface area contributed by atoms with Crippen molar-refractivity contribution in [3.05, 3.63) is 54.1 Å². The lowest BCUT2D eigenvalue weighted by Crippen LogP contribution is -1.81. The van der Waals surface area contributed by atoms with E-state index in [4.69, 9.17) is 0 Å². The first-order valence-corrected chi connectivity index (χ1v) is 5.13. The summed E-state index contributed by atoms with van der Waals surface area (Å²) in [4.78, 5) is 3.97. The summed E-state index contributed by atoms with van der Waals surface area (Å²) in [6.07, 6.45) is 10.6. The van der Waals surface area contributed by atoms with Gasteiger partial charge in [0.2, 0.25) is 0 Å². The van der Waals surface area contributed by atoms with Gasteiger partial charge >= 0.3 is 0 Å². The number of rotatable bonds is 3. The molecule has 2 heteroatoms. The molecule has 1 aromatic carbocycles. The molecule has 2 rings (SSSR count). The van der Waals surface area contributed by atoms with E-state index < -0.39 is 0 Å². The minimum Gasteiger partial charge on any atom is -0.313 e. The van der Waals surface area contributed by atoms with Crippen LogP contribution in [0.3, 0.4) is 0 Å². The maximum Gasteiger partial charge on any atom is 0.0986 e. The van der Waals surface area contributed by atoms with Crippen LogP contribution in [0.4, 0.5) is 0 Å². The normalized spacial score (nSPS) is 11.0. The molecule has 1 heterocycles. The van der Waals surface area contributed by atoms with Crippen LogP contribution in [0, 0.1) is 0 Å². The first kappa shape index (κ1) is 9.71. The van der Waals surface area contributed by atoms with Crippen LogP contribution < -0.4 is 0 Å². The van der Waals surface area contributed by atoms with E-state index in [1.165, 1.54) is 11.1 Å². The molecule has 0 saturated heterocycles. The van der Waals surface area contributed by atoms with Gasteiger partial charge < -0.3 is 4.57 Å². The molecule has 0 unspecified atom stereocenters. The van der Waals surface area contributed by atoms with E-state index in [2.05, 4.69) is 42.2 Å². The lowest BCUT2D eigenvalue weighted by atomic mass is 10.1. The molecule has 15 heavy (non-hydrogen) atoms. The van der Waals surface area contributed by atoms with Gasteiger partial charge in [0.05, 0.1) is 6.33 Å². The summed E-state index contributed by atoms with van der Waals surface area (Å²) in [5.74, 6) is 0. The number of nitrogens with zero attached hydrogens (tertiary/aromatic N) is 2. The second kappa shape index (κ2) is 4.60. The summed E-state index contributed by atoms with van der Waals surface area (Å²) >= 11 is 0. The Morgan fingerprint density at radius 1 is 1.27 bits per heavy atom. The highest BCUT2D eigenvalue weighted by Gasteiger charge is 1.89. The van der Waals surface area contributed by atoms with Gasteiger partial charge in [-0.25, -0.2) is 4.98 Å². The molecule has 2 aromatic rings. The topological polar surface area (TPSA) is 17.8 Å². The third-order valence-electron chi connectivity index (χ3n) is 2.35. The summed E-state index contributed by atoms with van der Waals surface area (Å²) in [6.45, 7) is 2.16. The maximum absolute atomic E-state index is 3.97. The summed E-state index contributed by atoms with van der Waals surface area (Å²) < 4.78 is 1.92. The average molecular weight is 198 g/mol. The smallest absolute Gasteiger partial charge is 0.0986 e. The molecule has 0 amide bonds. The number of imidazole rings is 1. The fourth-order valence-corrected chi connectivity index (χ4v) is 1.39. The predicted molar refractivity (Wildman–Crippen MR) is 63.3 cm³/mol. The molecule has 0 aliphatic carbocycles. The van der Waals surface area contributed by atoms with E-state index in [1.54, 1.807) is 12.5 Å². The third kappa shape index (κ3) is 2.56. The molecule has 0 fully saturated rings. The monoisotopic (exact) mass is 198 g/mol. The van der Waals surface area contributed by atoms with Crippen molar-refractivity contribution in [3.63, 3.8) is 0 Å². The minimum absolute atomic E-state index is 1.09. The van der Waals surface area contributed by atoms with Crippen molar-refractivity contribution in [2.75, 3.05) is 0 Å². The number of hydrogen-bond donors (Lipinski definition) is 0. The van der Waals surface area contributed by atoms with Crippen molar-refractivity contribution < 1.29 is 0 Å². The Morgan fingerprint density at radius 2 is 2.07 bits per heavy atom. The highest BCUT2D eigenvalue weighted by Crippen LogP contribution is 2.07. The molecule has 0 radical (unpaired) electrons. The Morgan fingerprint density at radius 3 is 2.67 bits per heavy atom. The largest absolute Gasteiger partial charge is 0.313 e. The fourth-order valence-electron chi connectivity index (χ4n) is 1.39. The zero-order valence-electron chi connectivity index (χ0n) is 8.80. The van der Waals surface area contributed by atoms with Crippen LogP contribution in [0.15, 0.2) is 43.0 Å². The molecule has 0 bridgehead atoms. The van der Waals surface area contributed by atoms with E-state index in [0.717, 1.165) is 6.42 Å². The molecule has 0 aliphatic rings. The lowest BCUT2D eigenvalue weighted by Gasteiger charge is -1.97. The summed E-state index contributed by atoms with van der Waals surface area (Å²) in [6, 6.07) is 8.58. The highest BCUT2D eigenvalue weighted by atomic mass is 15.0. The maximum atomic E-state index is 3.97. The number of aryl methyl sites for hydroxylation is 1. The molecular formula is C13H14N2. The summed E-state index contributed by atoms with van der Waals surface area (Å²) in [5.41, 5.74) is 2.58. The summed E-state index contributed by atoms with van der Waals surface area (Å²) in [5, 5.41) is 0. The van der Waals surface area contributed by atoms with Gasteiger partial charge in [0.15, 0.2) is 0 Å². The number of hydrogen-bond acceptors (Lipinski definition) is 1.